The lowest BCUT2D eigenvalue weighted by atomic mass is 10.1. The molecule has 8 bridgehead atoms. The minimum absolute atomic E-state index is 0.885. The van der Waals surface area contributed by atoms with Gasteiger partial charge in [-0.05, 0) is 89.2 Å². The molecule has 136 valence electrons. The summed E-state index contributed by atoms with van der Waals surface area (Å²) in [5.41, 5.74) is 9.40. The molecule has 0 radical (unpaired) electrons. The summed E-state index contributed by atoms with van der Waals surface area (Å²) in [6, 6.07) is 2.12. The topological polar surface area (TPSA) is 49.4 Å². The first kappa shape index (κ1) is 16.3. The molecule has 1 aromatic rings. The van der Waals surface area contributed by atoms with Crippen molar-refractivity contribution >= 4 is 39.8 Å². The molecule has 0 fully saturated rings. The van der Waals surface area contributed by atoms with E-state index in [0.717, 1.165) is 51.2 Å². The molecule has 0 spiro atoms. The van der Waals surface area contributed by atoms with Crippen LogP contribution in [-0.2, 0) is 0 Å². The number of rotatable bonds is 1. The summed E-state index contributed by atoms with van der Waals surface area (Å²) in [5, 5.41) is 4.23. The standard InChI is InChI=1S/C24H14N4S/c1-2-17-10-19-5-6-21(27-19)13-24-23(15-7-8-29-14-15)12-22(28-24)11-20-4-3-18(26-20)9-16(1)25-17/h1-14H. The molecule has 29 heavy (non-hydrogen) atoms. The van der Waals surface area contributed by atoms with Crippen molar-refractivity contribution in [3.05, 3.63) is 112 Å². The van der Waals surface area contributed by atoms with Crippen LogP contribution in [0.4, 0.5) is 0 Å². The Hall–Kier alpha value is -3.70. The Bertz CT molecular complexity index is 1310. The summed E-state index contributed by atoms with van der Waals surface area (Å²) < 4.78 is 0. The Balaban J connectivity index is 1.52. The van der Waals surface area contributed by atoms with Gasteiger partial charge in [-0.25, -0.2) is 20.0 Å². The molecule has 0 saturated carbocycles. The first-order valence-electron chi connectivity index (χ1n) is 9.29. The Labute approximate surface area is 171 Å². The van der Waals surface area contributed by atoms with Crippen molar-refractivity contribution in [3.8, 4) is 0 Å². The van der Waals surface area contributed by atoms with Gasteiger partial charge in [0.1, 0.15) is 0 Å². The molecule has 1 aromatic heterocycles. The lowest BCUT2D eigenvalue weighted by Gasteiger charge is -2.00. The van der Waals surface area contributed by atoms with Gasteiger partial charge in [0, 0.05) is 5.57 Å². The van der Waals surface area contributed by atoms with Gasteiger partial charge in [-0.1, -0.05) is 0 Å². The van der Waals surface area contributed by atoms with E-state index in [1.165, 1.54) is 5.56 Å². The lowest BCUT2D eigenvalue weighted by Crippen LogP contribution is -1.90. The average Bonchev–Trinajstić information content (AvgIpc) is 3.50. The lowest BCUT2D eigenvalue weighted by molar-refractivity contribution is 1.41. The third-order valence-electron chi connectivity index (χ3n) is 4.87. The number of fused-ring (bicyclic) bond motifs is 4. The normalized spacial score (nSPS) is 21.2. The predicted molar refractivity (Wildman–Crippen MR) is 122 cm³/mol. The van der Waals surface area contributed by atoms with Crippen LogP contribution in [0, 0.1) is 0 Å². The van der Waals surface area contributed by atoms with Gasteiger partial charge in [0.05, 0.1) is 45.6 Å². The first-order chi connectivity index (χ1) is 14.3. The summed E-state index contributed by atoms with van der Waals surface area (Å²) >= 11 is 1.68. The predicted octanol–water partition coefficient (Wildman–Crippen LogP) is 5.17. The maximum Gasteiger partial charge on any atom is 0.0737 e. The molecular formula is C24H14N4S. The highest BCUT2D eigenvalue weighted by Crippen LogP contribution is 2.32. The van der Waals surface area contributed by atoms with Gasteiger partial charge in [-0.3, -0.25) is 0 Å². The molecule has 0 N–H and O–H groups in total. The van der Waals surface area contributed by atoms with E-state index >= 15 is 0 Å². The van der Waals surface area contributed by atoms with Crippen LogP contribution < -0.4 is 0 Å². The van der Waals surface area contributed by atoms with E-state index < -0.39 is 0 Å². The number of hydrogen-bond acceptors (Lipinski definition) is 5. The number of hydrogen-bond donors (Lipinski definition) is 0. The molecule has 5 aliphatic rings. The van der Waals surface area contributed by atoms with Crippen molar-refractivity contribution in [3.63, 3.8) is 0 Å². The van der Waals surface area contributed by atoms with E-state index in [0.29, 0.717) is 0 Å². The number of thiophene rings is 1. The van der Waals surface area contributed by atoms with Crippen LogP contribution in [-0.4, -0.2) is 22.8 Å². The zero-order chi connectivity index (χ0) is 19.2. The third-order valence-corrected chi connectivity index (χ3v) is 5.55. The summed E-state index contributed by atoms with van der Waals surface area (Å²) in [6.45, 7) is 0. The molecule has 6 heterocycles. The third kappa shape index (κ3) is 3.11. The van der Waals surface area contributed by atoms with Gasteiger partial charge in [-0.2, -0.15) is 11.3 Å². The van der Waals surface area contributed by atoms with Gasteiger partial charge in [0.15, 0.2) is 0 Å². The van der Waals surface area contributed by atoms with Crippen molar-refractivity contribution < 1.29 is 0 Å². The SMILES string of the molecule is C1=CC2=NC1=CC1=NC(=CC3=NC(=CC4=NC(=C2)C=C4)C(c2ccsc2)=C3)C=C1. The van der Waals surface area contributed by atoms with Crippen molar-refractivity contribution in [2.24, 2.45) is 20.0 Å². The highest BCUT2D eigenvalue weighted by atomic mass is 32.1. The Morgan fingerprint density at radius 1 is 0.552 bits per heavy atom. The van der Waals surface area contributed by atoms with Crippen LogP contribution in [0.15, 0.2) is 126 Å². The Morgan fingerprint density at radius 3 is 1.72 bits per heavy atom. The van der Waals surface area contributed by atoms with E-state index in [-0.39, 0.29) is 0 Å². The number of aliphatic imine (C=N–C) groups is 4. The molecule has 0 amide bonds. The minimum Gasteiger partial charge on any atom is -0.249 e. The van der Waals surface area contributed by atoms with Crippen molar-refractivity contribution in [2.45, 2.75) is 0 Å². The van der Waals surface area contributed by atoms with E-state index in [2.05, 4.69) is 32.9 Å². The van der Waals surface area contributed by atoms with Crippen LogP contribution in [0.5, 0.6) is 0 Å². The Kier molecular flexibility index (Phi) is 3.61. The molecular weight excluding hydrogens is 376 g/mol. The van der Waals surface area contributed by atoms with E-state index in [1.54, 1.807) is 11.3 Å². The summed E-state index contributed by atoms with van der Waals surface area (Å²) in [7, 11) is 0. The fourth-order valence-electron chi connectivity index (χ4n) is 3.55. The molecule has 5 heteroatoms. The quantitative estimate of drug-likeness (QED) is 0.635. The maximum absolute atomic E-state index is 4.86. The summed E-state index contributed by atoms with van der Waals surface area (Å²) in [6.07, 6.45) is 22.2. The van der Waals surface area contributed by atoms with Gasteiger partial charge >= 0.3 is 0 Å². The molecule has 6 rings (SSSR count). The second kappa shape index (κ2) is 6.43. The van der Waals surface area contributed by atoms with Gasteiger partial charge in [-0.15, -0.1) is 0 Å². The second-order valence-electron chi connectivity index (χ2n) is 6.95. The first-order valence-corrected chi connectivity index (χ1v) is 10.2. The monoisotopic (exact) mass is 390 g/mol. The number of allylic oxidation sites excluding steroid dienone is 12. The summed E-state index contributed by atoms with van der Waals surface area (Å²) in [5.74, 6) is 0. The zero-order valence-electron chi connectivity index (χ0n) is 15.3. The molecule has 4 nitrogen and oxygen atoms in total. The zero-order valence-corrected chi connectivity index (χ0v) is 16.1. The van der Waals surface area contributed by atoms with Crippen molar-refractivity contribution in [2.75, 3.05) is 0 Å². The number of nitrogens with zero attached hydrogens (tertiary/aromatic N) is 4. The second-order valence-corrected chi connectivity index (χ2v) is 7.73. The van der Waals surface area contributed by atoms with Crippen LogP contribution in [0.1, 0.15) is 5.56 Å². The fraction of sp³-hybridized carbons (Fsp3) is 0. The van der Waals surface area contributed by atoms with E-state index in [1.807, 2.05) is 60.8 Å². The molecule has 5 aliphatic heterocycles. The van der Waals surface area contributed by atoms with Crippen LogP contribution in [0.2, 0.25) is 0 Å². The van der Waals surface area contributed by atoms with E-state index in [4.69, 9.17) is 9.98 Å². The van der Waals surface area contributed by atoms with Crippen molar-refractivity contribution in [1.82, 2.24) is 0 Å². The average molecular weight is 390 g/mol. The van der Waals surface area contributed by atoms with Crippen LogP contribution in [0.3, 0.4) is 0 Å². The maximum atomic E-state index is 4.86. The molecule has 0 unspecified atom stereocenters. The highest BCUT2D eigenvalue weighted by molar-refractivity contribution is 7.08. The highest BCUT2D eigenvalue weighted by Gasteiger charge is 2.18. The fourth-order valence-corrected chi connectivity index (χ4v) is 4.20. The molecule has 0 aliphatic carbocycles. The van der Waals surface area contributed by atoms with Gasteiger partial charge < -0.3 is 0 Å². The van der Waals surface area contributed by atoms with E-state index in [9.17, 15) is 0 Å². The smallest absolute Gasteiger partial charge is 0.0737 e. The van der Waals surface area contributed by atoms with Crippen LogP contribution in [0.25, 0.3) is 5.57 Å². The Morgan fingerprint density at radius 2 is 1.14 bits per heavy atom. The molecule has 0 aromatic carbocycles. The van der Waals surface area contributed by atoms with Crippen LogP contribution >= 0.6 is 11.3 Å². The minimum atomic E-state index is 0.885. The largest absolute Gasteiger partial charge is 0.249 e. The molecule has 0 atom stereocenters. The summed E-state index contributed by atoms with van der Waals surface area (Å²) in [4.78, 5) is 18.9. The van der Waals surface area contributed by atoms with Gasteiger partial charge in [0.25, 0.3) is 0 Å². The van der Waals surface area contributed by atoms with Crippen molar-refractivity contribution in [1.29, 1.82) is 0 Å². The van der Waals surface area contributed by atoms with Gasteiger partial charge in [0.2, 0.25) is 0 Å². The molecule has 0 saturated heterocycles.